The number of carboxylic acids is 1. The lowest BCUT2D eigenvalue weighted by Gasteiger charge is -2.16. The van der Waals surface area contributed by atoms with Gasteiger partial charge in [0.2, 0.25) is 5.71 Å². The van der Waals surface area contributed by atoms with Gasteiger partial charge in [0, 0.05) is 13.2 Å². The Balaban J connectivity index is 2.42. The molecule has 0 saturated heterocycles. The number of likely N-dealkylation sites (N-methyl/N-ethyl adjacent to an activating group) is 1. The monoisotopic (exact) mass is 206 g/mol. The number of furan rings is 1. The number of pyridine rings is 1. The summed E-state index contributed by atoms with van der Waals surface area (Å²) in [5.74, 6) is -0.869. The van der Waals surface area contributed by atoms with Crippen LogP contribution in [0.4, 0.5) is 5.69 Å². The quantitative estimate of drug-likeness (QED) is 0.821. The zero-order valence-electron chi connectivity index (χ0n) is 8.17. The van der Waals surface area contributed by atoms with Crippen LogP contribution in [0.3, 0.4) is 0 Å². The summed E-state index contributed by atoms with van der Waals surface area (Å²) in [6, 6.07) is 3.54. The van der Waals surface area contributed by atoms with Crippen LogP contribution in [-0.2, 0) is 4.79 Å². The van der Waals surface area contributed by atoms with Crippen LogP contribution >= 0.6 is 0 Å². The van der Waals surface area contributed by atoms with Crippen molar-refractivity contribution in [2.45, 2.75) is 0 Å². The van der Waals surface area contributed by atoms with Gasteiger partial charge in [-0.3, -0.25) is 4.79 Å². The van der Waals surface area contributed by atoms with Crippen molar-refractivity contribution in [2.75, 3.05) is 18.5 Å². The van der Waals surface area contributed by atoms with Gasteiger partial charge in [0.1, 0.15) is 6.54 Å². The van der Waals surface area contributed by atoms with Gasteiger partial charge < -0.3 is 14.4 Å². The largest absolute Gasteiger partial charge is 0.480 e. The average molecular weight is 206 g/mol. The van der Waals surface area contributed by atoms with Gasteiger partial charge in [-0.15, -0.1) is 0 Å². The molecule has 2 aromatic rings. The Hall–Kier alpha value is -2.04. The summed E-state index contributed by atoms with van der Waals surface area (Å²) in [6.07, 6.45) is 3.13. The lowest BCUT2D eigenvalue weighted by Crippen LogP contribution is -2.25. The molecule has 0 spiro atoms. The van der Waals surface area contributed by atoms with Crippen LogP contribution in [0.2, 0.25) is 0 Å². The highest BCUT2D eigenvalue weighted by molar-refractivity contribution is 5.89. The van der Waals surface area contributed by atoms with Gasteiger partial charge >= 0.3 is 5.97 Å². The number of carboxylic acid groups (broad SMARTS) is 1. The number of hydrogen-bond acceptors (Lipinski definition) is 4. The van der Waals surface area contributed by atoms with Gasteiger partial charge in [-0.05, 0) is 12.1 Å². The number of nitrogens with zero attached hydrogens (tertiary/aromatic N) is 2. The first-order chi connectivity index (χ1) is 7.18. The topological polar surface area (TPSA) is 66.6 Å². The highest BCUT2D eigenvalue weighted by Crippen LogP contribution is 2.24. The molecule has 0 aliphatic carbocycles. The molecule has 0 aliphatic heterocycles. The van der Waals surface area contributed by atoms with Crippen LogP contribution in [0.1, 0.15) is 0 Å². The summed E-state index contributed by atoms with van der Waals surface area (Å²) < 4.78 is 5.13. The fourth-order valence-corrected chi connectivity index (χ4v) is 1.48. The van der Waals surface area contributed by atoms with Crippen molar-refractivity contribution in [2.24, 2.45) is 0 Å². The molecule has 2 heterocycles. The lowest BCUT2D eigenvalue weighted by atomic mass is 10.2. The molecule has 0 amide bonds. The second kappa shape index (κ2) is 3.61. The maximum atomic E-state index is 10.6. The molecular weight excluding hydrogens is 196 g/mol. The van der Waals surface area contributed by atoms with Crippen LogP contribution in [0.15, 0.2) is 29.0 Å². The van der Waals surface area contributed by atoms with Gasteiger partial charge in [-0.25, -0.2) is 4.98 Å². The number of aliphatic carboxylic acids is 1. The van der Waals surface area contributed by atoms with Crippen LogP contribution in [0.5, 0.6) is 0 Å². The molecular formula is C10H10N2O3. The van der Waals surface area contributed by atoms with Crippen molar-refractivity contribution >= 4 is 22.8 Å². The molecule has 0 bridgehead atoms. The second-order valence-electron chi connectivity index (χ2n) is 3.22. The molecule has 1 N–H and O–H groups in total. The first kappa shape index (κ1) is 9.51. The van der Waals surface area contributed by atoms with Crippen LogP contribution < -0.4 is 4.90 Å². The molecule has 5 nitrogen and oxygen atoms in total. The molecule has 78 valence electrons. The normalized spacial score (nSPS) is 10.5. The number of rotatable bonds is 3. The summed E-state index contributed by atoms with van der Waals surface area (Å²) in [6.45, 7) is -0.0513. The Morgan fingerprint density at radius 3 is 3.13 bits per heavy atom. The van der Waals surface area contributed by atoms with Crippen molar-refractivity contribution in [1.29, 1.82) is 0 Å². The van der Waals surface area contributed by atoms with Gasteiger partial charge in [-0.1, -0.05) is 0 Å². The molecule has 0 unspecified atom stereocenters. The van der Waals surface area contributed by atoms with Crippen LogP contribution in [-0.4, -0.2) is 29.7 Å². The summed E-state index contributed by atoms with van der Waals surface area (Å²) in [5, 5.41) is 9.51. The molecule has 0 aromatic carbocycles. The Morgan fingerprint density at radius 1 is 1.60 bits per heavy atom. The minimum atomic E-state index is -0.869. The molecule has 0 radical (unpaired) electrons. The van der Waals surface area contributed by atoms with E-state index in [4.69, 9.17) is 9.52 Å². The van der Waals surface area contributed by atoms with Crippen LogP contribution in [0.25, 0.3) is 11.1 Å². The van der Waals surface area contributed by atoms with Gasteiger partial charge in [-0.2, -0.15) is 0 Å². The van der Waals surface area contributed by atoms with Gasteiger partial charge in [0.15, 0.2) is 0 Å². The zero-order chi connectivity index (χ0) is 10.8. The molecule has 0 saturated carbocycles. The van der Waals surface area contributed by atoms with Gasteiger partial charge in [0.05, 0.1) is 17.3 Å². The van der Waals surface area contributed by atoms with Crippen molar-refractivity contribution in [1.82, 2.24) is 4.98 Å². The van der Waals surface area contributed by atoms with E-state index in [1.54, 1.807) is 30.3 Å². The predicted octanol–water partition coefficient (Wildman–Crippen LogP) is 1.35. The maximum Gasteiger partial charge on any atom is 0.323 e. The first-order valence-corrected chi connectivity index (χ1v) is 4.43. The minimum absolute atomic E-state index is 0.0513. The highest BCUT2D eigenvalue weighted by atomic mass is 16.4. The Bertz CT molecular complexity index is 492. The third kappa shape index (κ3) is 1.76. The number of hydrogen-bond donors (Lipinski definition) is 1. The van der Waals surface area contributed by atoms with E-state index in [-0.39, 0.29) is 6.54 Å². The molecule has 2 aromatic heterocycles. The predicted molar refractivity (Wildman–Crippen MR) is 54.9 cm³/mol. The summed E-state index contributed by atoms with van der Waals surface area (Å²) in [4.78, 5) is 16.2. The zero-order valence-corrected chi connectivity index (χ0v) is 8.17. The Kier molecular flexibility index (Phi) is 2.29. The van der Waals surface area contributed by atoms with E-state index >= 15 is 0 Å². The molecule has 0 fully saturated rings. The first-order valence-electron chi connectivity index (χ1n) is 4.43. The fourth-order valence-electron chi connectivity index (χ4n) is 1.48. The van der Waals surface area contributed by atoms with Gasteiger partial charge in [0.25, 0.3) is 0 Å². The molecule has 15 heavy (non-hydrogen) atoms. The number of anilines is 1. The van der Waals surface area contributed by atoms with Crippen molar-refractivity contribution in [3.05, 3.63) is 24.6 Å². The summed E-state index contributed by atoms with van der Waals surface area (Å²) >= 11 is 0. The molecule has 0 aliphatic rings. The molecule has 2 rings (SSSR count). The van der Waals surface area contributed by atoms with Crippen molar-refractivity contribution < 1.29 is 14.3 Å². The SMILES string of the molecule is CN(CC(=O)O)c1ccnc2occc12. The number of fused-ring (bicyclic) bond motifs is 1. The third-order valence-corrected chi connectivity index (χ3v) is 2.13. The van der Waals surface area contributed by atoms with E-state index in [0.29, 0.717) is 5.71 Å². The van der Waals surface area contributed by atoms with E-state index in [1.165, 1.54) is 6.26 Å². The minimum Gasteiger partial charge on any atom is -0.480 e. The van der Waals surface area contributed by atoms with Crippen molar-refractivity contribution in [3.63, 3.8) is 0 Å². The smallest absolute Gasteiger partial charge is 0.323 e. The van der Waals surface area contributed by atoms with E-state index in [2.05, 4.69) is 4.98 Å². The van der Waals surface area contributed by atoms with Crippen molar-refractivity contribution in [3.8, 4) is 0 Å². The van der Waals surface area contributed by atoms with Crippen LogP contribution in [0, 0.1) is 0 Å². The molecule has 5 heteroatoms. The Labute approximate surface area is 85.9 Å². The standard InChI is InChI=1S/C10H10N2O3/c1-12(6-9(13)14)8-2-4-11-10-7(8)3-5-15-10/h2-5H,6H2,1H3,(H,13,14). The summed E-state index contributed by atoms with van der Waals surface area (Å²) in [5.41, 5.74) is 1.32. The van der Waals surface area contributed by atoms with E-state index < -0.39 is 5.97 Å². The molecule has 0 atom stereocenters. The van der Waals surface area contributed by atoms with E-state index in [9.17, 15) is 4.79 Å². The summed E-state index contributed by atoms with van der Waals surface area (Å²) in [7, 11) is 1.72. The Morgan fingerprint density at radius 2 is 2.40 bits per heavy atom. The van der Waals surface area contributed by atoms with E-state index in [1.807, 2.05) is 0 Å². The maximum absolute atomic E-state index is 10.6. The average Bonchev–Trinajstić information content (AvgIpc) is 2.63. The highest BCUT2D eigenvalue weighted by Gasteiger charge is 2.10. The lowest BCUT2D eigenvalue weighted by molar-refractivity contribution is -0.135. The number of carbonyl (C=O) groups is 1. The fraction of sp³-hybridized carbons (Fsp3) is 0.200. The third-order valence-electron chi connectivity index (χ3n) is 2.13. The van der Waals surface area contributed by atoms with E-state index in [0.717, 1.165) is 11.1 Å². The second-order valence-corrected chi connectivity index (χ2v) is 3.22. The number of aromatic nitrogens is 1.